The number of carbonyl (C=O) groups is 1. The Kier molecular flexibility index (Phi) is 5.20. The first kappa shape index (κ1) is 15.1. The fraction of sp³-hybridized carbons (Fsp3) is 0.571. The first-order chi connectivity index (χ1) is 9.63. The number of nitrogens with zero attached hydrogens (tertiary/aromatic N) is 2. The summed E-state index contributed by atoms with van der Waals surface area (Å²) >= 11 is 6.32. The van der Waals surface area contributed by atoms with Crippen LogP contribution in [0.4, 0.5) is 5.69 Å². The van der Waals surface area contributed by atoms with E-state index in [0.717, 1.165) is 30.8 Å². The SMILES string of the molecule is Cc1nccc(N2CCCC(C(=O)NCCN)C2)c1Cl. The van der Waals surface area contributed by atoms with Gasteiger partial charge in [0.15, 0.2) is 0 Å². The molecular formula is C14H21ClN4O. The lowest BCUT2D eigenvalue weighted by Crippen LogP contribution is -2.44. The van der Waals surface area contributed by atoms with E-state index in [-0.39, 0.29) is 11.8 Å². The van der Waals surface area contributed by atoms with Gasteiger partial charge in [-0.15, -0.1) is 0 Å². The second-order valence-corrected chi connectivity index (χ2v) is 5.47. The molecule has 20 heavy (non-hydrogen) atoms. The van der Waals surface area contributed by atoms with Crippen molar-refractivity contribution in [3.05, 3.63) is 23.0 Å². The first-order valence-corrected chi connectivity index (χ1v) is 7.35. The van der Waals surface area contributed by atoms with Gasteiger partial charge in [0.05, 0.1) is 22.3 Å². The van der Waals surface area contributed by atoms with E-state index in [0.29, 0.717) is 24.7 Å². The molecule has 1 atom stereocenters. The highest BCUT2D eigenvalue weighted by Gasteiger charge is 2.26. The second-order valence-electron chi connectivity index (χ2n) is 5.09. The predicted octanol–water partition coefficient (Wildman–Crippen LogP) is 1.33. The fourth-order valence-electron chi connectivity index (χ4n) is 2.53. The van der Waals surface area contributed by atoms with Crippen molar-refractivity contribution in [2.24, 2.45) is 11.7 Å². The Hall–Kier alpha value is -1.33. The number of halogens is 1. The number of hydrogen-bond acceptors (Lipinski definition) is 4. The Balaban J connectivity index is 2.06. The number of nitrogens with two attached hydrogens (primary N) is 1. The molecule has 5 nitrogen and oxygen atoms in total. The number of amides is 1. The fourth-order valence-corrected chi connectivity index (χ4v) is 2.76. The minimum absolute atomic E-state index is 0.000150. The van der Waals surface area contributed by atoms with Crippen molar-refractivity contribution >= 4 is 23.2 Å². The largest absolute Gasteiger partial charge is 0.369 e. The zero-order valence-electron chi connectivity index (χ0n) is 11.7. The van der Waals surface area contributed by atoms with Crippen molar-refractivity contribution < 1.29 is 4.79 Å². The number of hydrogen-bond donors (Lipinski definition) is 2. The predicted molar refractivity (Wildman–Crippen MR) is 81.0 cm³/mol. The van der Waals surface area contributed by atoms with Gasteiger partial charge in [0, 0.05) is 32.4 Å². The smallest absolute Gasteiger partial charge is 0.224 e. The maximum atomic E-state index is 12.0. The van der Waals surface area contributed by atoms with Gasteiger partial charge >= 0.3 is 0 Å². The van der Waals surface area contributed by atoms with Crippen molar-refractivity contribution in [2.75, 3.05) is 31.1 Å². The maximum absolute atomic E-state index is 12.0. The molecule has 110 valence electrons. The van der Waals surface area contributed by atoms with E-state index < -0.39 is 0 Å². The molecule has 1 aliphatic rings. The Labute approximate surface area is 124 Å². The van der Waals surface area contributed by atoms with Gasteiger partial charge in [-0.3, -0.25) is 9.78 Å². The average Bonchev–Trinajstić information content (AvgIpc) is 2.47. The van der Waals surface area contributed by atoms with E-state index in [1.165, 1.54) is 0 Å². The summed E-state index contributed by atoms with van der Waals surface area (Å²) in [7, 11) is 0. The molecule has 1 saturated heterocycles. The molecule has 1 aromatic rings. The van der Waals surface area contributed by atoms with E-state index in [1.54, 1.807) is 6.20 Å². The molecule has 1 unspecified atom stereocenters. The molecule has 3 N–H and O–H groups in total. The molecule has 0 aliphatic carbocycles. The number of aryl methyl sites for hydroxylation is 1. The molecule has 1 amide bonds. The van der Waals surface area contributed by atoms with Crippen LogP contribution < -0.4 is 16.0 Å². The summed E-state index contributed by atoms with van der Waals surface area (Å²) in [5.74, 6) is 0.0851. The Morgan fingerprint density at radius 3 is 3.20 bits per heavy atom. The van der Waals surface area contributed by atoms with Crippen LogP contribution in [-0.4, -0.2) is 37.1 Å². The molecule has 1 aromatic heterocycles. The lowest BCUT2D eigenvalue weighted by molar-refractivity contribution is -0.125. The molecule has 0 aromatic carbocycles. The standard InChI is InChI=1S/C14H21ClN4O/c1-10-13(15)12(4-6-17-10)19-8-2-3-11(9-19)14(20)18-7-5-16/h4,6,11H,2-3,5,7-9,16H2,1H3,(H,18,20). The normalized spacial score (nSPS) is 18.9. The molecular weight excluding hydrogens is 276 g/mol. The van der Waals surface area contributed by atoms with Crippen molar-refractivity contribution in [3.63, 3.8) is 0 Å². The topological polar surface area (TPSA) is 71.2 Å². The Bertz CT molecular complexity index is 480. The summed E-state index contributed by atoms with van der Waals surface area (Å²) < 4.78 is 0. The number of nitrogens with one attached hydrogen (secondary N) is 1. The van der Waals surface area contributed by atoms with Crippen molar-refractivity contribution in [3.8, 4) is 0 Å². The van der Waals surface area contributed by atoms with Crippen molar-refractivity contribution in [2.45, 2.75) is 19.8 Å². The summed E-state index contributed by atoms with van der Waals surface area (Å²) in [5, 5.41) is 3.54. The molecule has 1 fully saturated rings. The minimum Gasteiger partial charge on any atom is -0.369 e. The Morgan fingerprint density at radius 1 is 1.65 bits per heavy atom. The van der Waals surface area contributed by atoms with Gasteiger partial charge in [0.1, 0.15) is 0 Å². The second kappa shape index (κ2) is 6.90. The van der Waals surface area contributed by atoms with E-state index >= 15 is 0 Å². The number of rotatable bonds is 4. The zero-order valence-corrected chi connectivity index (χ0v) is 12.5. The van der Waals surface area contributed by atoms with Gasteiger partial charge in [-0.2, -0.15) is 0 Å². The third-order valence-corrected chi connectivity index (χ3v) is 4.09. The first-order valence-electron chi connectivity index (χ1n) is 6.97. The highest BCUT2D eigenvalue weighted by molar-refractivity contribution is 6.33. The number of piperidine rings is 1. The molecule has 0 saturated carbocycles. The summed E-state index contributed by atoms with van der Waals surface area (Å²) in [6.45, 7) is 4.51. The highest BCUT2D eigenvalue weighted by Crippen LogP contribution is 2.30. The highest BCUT2D eigenvalue weighted by atomic mass is 35.5. The molecule has 6 heteroatoms. The van der Waals surface area contributed by atoms with Crippen LogP contribution in [-0.2, 0) is 4.79 Å². The molecule has 0 radical (unpaired) electrons. The van der Waals surface area contributed by atoms with Crippen LogP contribution in [0.3, 0.4) is 0 Å². The van der Waals surface area contributed by atoms with Crippen LogP contribution in [0.5, 0.6) is 0 Å². The molecule has 1 aliphatic heterocycles. The third-order valence-electron chi connectivity index (χ3n) is 3.62. The van der Waals surface area contributed by atoms with Crippen LogP contribution in [0.1, 0.15) is 18.5 Å². The van der Waals surface area contributed by atoms with Crippen LogP contribution in [0.2, 0.25) is 5.02 Å². The van der Waals surface area contributed by atoms with Crippen molar-refractivity contribution in [1.82, 2.24) is 10.3 Å². The third kappa shape index (κ3) is 3.41. The van der Waals surface area contributed by atoms with Gasteiger partial charge in [-0.25, -0.2) is 0 Å². The van der Waals surface area contributed by atoms with Gasteiger partial charge in [0.25, 0.3) is 0 Å². The summed E-state index contributed by atoms with van der Waals surface area (Å²) in [6.07, 6.45) is 3.65. The van der Waals surface area contributed by atoms with Crippen LogP contribution in [0, 0.1) is 12.8 Å². The van der Waals surface area contributed by atoms with Crippen molar-refractivity contribution in [1.29, 1.82) is 0 Å². The quantitative estimate of drug-likeness (QED) is 0.879. The van der Waals surface area contributed by atoms with Crippen LogP contribution in [0.15, 0.2) is 12.3 Å². The van der Waals surface area contributed by atoms with E-state index in [2.05, 4.69) is 15.2 Å². The molecule has 2 rings (SSSR count). The lowest BCUT2D eigenvalue weighted by atomic mass is 9.96. The van der Waals surface area contributed by atoms with Crippen LogP contribution >= 0.6 is 11.6 Å². The minimum atomic E-state index is -0.000150. The van der Waals surface area contributed by atoms with E-state index in [1.807, 2.05) is 13.0 Å². The van der Waals surface area contributed by atoms with E-state index in [9.17, 15) is 4.79 Å². The monoisotopic (exact) mass is 296 g/mol. The maximum Gasteiger partial charge on any atom is 0.224 e. The van der Waals surface area contributed by atoms with Crippen LogP contribution in [0.25, 0.3) is 0 Å². The summed E-state index contributed by atoms with van der Waals surface area (Å²) in [6, 6.07) is 1.91. The number of carbonyl (C=O) groups excluding carboxylic acids is 1. The summed E-state index contributed by atoms with van der Waals surface area (Å²) in [4.78, 5) is 18.4. The molecule has 0 spiro atoms. The average molecular weight is 297 g/mol. The molecule has 2 heterocycles. The number of pyridine rings is 1. The van der Waals surface area contributed by atoms with Gasteiger partial charge in [0.2, 0.25) is 5.91 Å². The summed E-state index contributed by atoms with van der Waals surface area (Å²) in [5.41, 5.74) is 7.20. The number of aromatic nitrogens is 1. The Morgan fingerprint density at radius 2 is 2.45 bits per heavy atom. The molecule has 0 bridgehead atoms. The van der Waals surface area contributed by atoms with Gasteiger partial charge < -0.3 is 16.0 Å². The lowest BCUT2D eigenvalue weighted by Gasteiger charge is -2.34. The zero-order chi connectivity index (χ0) is 14.5. The van der Waals surface area contributed by atoms with Gasteiger partial charge in [-0.1, -0.05) is 11.6 Å². The van der Waals surface area contributed by atoms with E-state index in [4.69, 9.17) is 17.3 Å². The number of anilines is 1. The van der Waals surface area contributed by atoms with Gasteiger partial charge in [-0.05, 0) is 25.8 Å².